The van der Waals surface area contributed by atoms with Crippen molar-refractivity contribution < 1.29 is 9.53 Å². The molecule has 0 N–H and O–H groups in total. The van der Waals surface area contributed by atoms with Gasteiger partial charge in [0.05, 0.1) is 24.3 Å². The van der Waals surface area contributed by atoms with E-state index >= 15 is 0 Å². The summed E-state index contributed by atoms with van der Waals surface area (Å²) >= 11 is 5.70. The second kappa shape index (κ2) is 5.02. The van der Waals surface area contributed by atoms with Crippen molar-refractivity contribution in [2.24, 2.45) is 0 Å². The molecule has 1 amide bonds. The number of carbonyl (C=O) groups excluding carboxylic acids is 1. The van der Waals surface area contributed by atoms with Crippen molar-refractivity contribution in [3.8, 4) is 0 Å². The molecule has 4 nitrogen and oxygen atoms in total. The monoisotopic (exact) mass is 254 g/mol. The van der Waals surface area contributed by atoms with Gasteiger partial charge in [-0.25, -0.2) is 4.98 Å². The molecule has 0 saturated carbocycles. The summed E-state index contributed by atoms with van der Waals surface area (Å²) in [6.07, 6.45) is 1.59. The predicted molar refractivity (Wildman–Crippen MR) is 65.2 cm³/mol. The molecule has 0 radical (unpaired) electrons. The van der Waals surface area contributed by atoms with Crippen molar-refractivity contribution in [2.45, 2.75) is 26.0 Å². The van der Waals surface area contributed by atoms with Crippen LogP contribution in [0.4, 0.5) is 0 Å². The average Bonchev–Trinajstić information content (AvgIpc) is 2.32. The number of amides is 1. The second-order valence-corrected chi connectivity index (χ2v) is 4.71. The molecule has 92 valence electrons. The van der Waals surface area contributed by atoms with Gasteiger partial charge < -0.3 is 9.64 Å². The van der Waals surface area contributed by atoms with Crippen molar-refractivity contribution in [2.75, 3.05) is 13.2 Å². The lowest BCUT2D eigenvalue weighted by Crippen LogP contribution is -2.50. The van der Waals surface area contributed by atoms with Crippen LogP contribution in [0.25, 0.3) is 0 Å². The van der Waals surface area contributed by atoms with E-state index in [2.05, 4.69) is 4.98 Å². The number of rotatable bonds is 1. The summed E-state index contributed by atoms with van der Waals surface area (Å²) in [6, 6.07) is 3.42. The maximum Gasteiger partial charge on any atom is 0.255 e. The first-order valence-corrected chi connectivity index (χ1v) is 6.00. The molecule has 17 heavy (non-hydrogen) atoms. The lowest BCUT2D eigenvalue weighted by molar-refractivity contribution is -0.0387. The van der Waals surface area contributed by atoms with Crippen LogP contribution >= 0.6 is 11.6 Å². The van der Waals surface area contributed by atoms with E-state index in [9.17, 15) is 4.79 Å². The van der Waals surface area contributed by atoms with E-state index in [4.69, 9.17) is 16.3 Å². The molecule has 5 heteroatoms. The van der Waals surface area contributed by atoms with Gasteiger partial charge in [-0.05, 0) is 26.0 Å². The van der Waals surface area contributed by atoms with Gasteiger partial charge in [-0.2, -0.15) is 0 Å². The highest BCUT2D eigenvalue weighted by Crippen LogP contribution is 2.15. The van der Waals surface area contributed by atoms with Crippen LogP contribution in [0.3, 0.4) is 0 Å². The van der Waals surface area contributed by atoms with E-state index in [0.717, 1.165) is 0 Å². The van der Waals surface area contributed by atoms with Crippen LogP contribution in [0, 0.1) is 0 Å². The van der Waals surface area contributed by atoms with Crippen molar-refractivity contribution in [3.63, 3.8) is 0 Å². The summed E-state index contributed by atoms with van der Waals surface area (Å²) in [6.45, 7) is 5.13. The van der Waals surface area contributed by atoms with E-state index in [0.29, 0.717) is 23.9 Å². The van der Waals surface area contributed by atoms with Crippen LogP contribution in [0.5, 0.6) is 0 Å². The van der Waals surface area contributed by atoms with E-state index in [-0.39, 0.29) is 18.1 Å². The fourth-order valence-corrected chi connectivity index (χ4v) is 1.97. The number of hydrogen-bond donors (Lipinski definition) is 0. The number of halogens is 1. The third kappa shape index (κ3) is 2.76. The molecule has 1 aliphatic rings. The van der Waals surface area contributed by atoms with Crippen LogP contribution in [-0.4, -0.2) is 41.1 Å². The zero-order valence-electron chi connectivity index (χ0n) is 9.89. The van der Waals surface area contributed by atoms with E-state index in [1.807, 2.05) is 18.7 Å². The first-order valence-electron chi connectivity index (χ1n) is 5.62. The Hall–Kier alpha value is -1.13. The standard InChI is InChI=1S/C12H15ClN2O2/c1-8-7-17-9(2)6-15(8)12(16)10-3-4-11(13)14-5-10/h3-5,8-9H,6-7H2,1-2H3. The topological polar surface area (TPSA) is 42.4 Å². The molecule has 2 heterocycles. The van der Waals surface area contributed by atoms with Gasteiger partial charge in [0.25, 0.3) is 5.91 Å². The molecule has 1 aromatic rings. The fourth-order valence-electron chi connectivity index (χ4n) is 1.85. The number of ether oxygens (including phenoxy) is 1. The zero-order chi connectivity index (χ0) is 12.4. The molecular weight excluding hydrogens is 240 g/mol. The number of hydrogen-bond acceptors (Lipinski definition) is 3. The highest BCUT2D eigenvalue weighted by molar-refractivity contribution is 6.29. The van der Waals surface area contributed by atoms with Gasteiger partial charge in [-0.3, -0.25) is 4.79 Å². The second-order valence-electron chi connectivity index (χ2n) is 4.32. The number of morpholine rings is 1. The van der Waals surface area contributed by atoms with Crippen LogP contribution in [0.15, 0.2) is 18.3 Å². The highest BCUT2D eigenvalue weighted by atomic mass is 35.5. The number of carbonyl (C=O) groups is 1. The Morgan fingerprint density at radius 3 is 2.94 bits per heavy atom. The van der Waals surface area contributed by atoms with Crippen molar-refractivity contribution in [1.82, 2.24) is 9.88 Å². The fraction of sp³-hybridized carbons (Fsp3) is 0.500. The van der Waals surface area contributed by atoms with Crippen LogP contribution < -0.4 is 0 Å². The molecule has 1 aromatic heterocycles. The van der Waals surface area contributed by atoms with Gasteiger partial charge in [-0.15, -0.1) is 0 Å². The van der Waals surface area contributed by atoms with Gasteiger partial charge in [0.1, 0.15) is 5.15 Å². The Kier molecular flexibility index (Phi) is 3.64. The molecule has 2 rings (SSSR count). The Balaban J connectivity index is 2.15. The molecule has 1 aliphatic heterocycles. The molecular formula is C12H15ClN2O2. The van der Waals surface area contributed by atoms with Gasteiger partial charge in [0.2, 0.25) is 0 Å². The highest BCUT2D eigenvalue weighted by Gasteiger charge is 2.28. The first-order chi connectivity index (χ1) is 8.08. The van der Waals surface area contributed by atoms with Crippen LogP contribution in [0.1, 0.15) is 24.2 Å². The third-order valence-corrected chi connectivity index (χ3v) is 3.07. The van der Waals surface area contributed by atoms with Crippen molar-refractivity contribution in [3.05, 3.63) is 29.0 Å². The minimum Gasteiger partial charge on any atom is -0.375 e. The number of nitrogens with zero attached hydrogens (tertiary/aromatic N) is 2. The quantitative estimate of drug-likeness (QED) is 0.720. The van der Waals surface area contributed by atoms with Gasteiger partial charge in [-0.1, -0.05) is 11.6 Å². The van der Waals surface area contributed by atoms with Crippen molar-refractivity contribution in [1.29, 1.82) is 0 Å². The summed E-state index contributed by atoms with van der Waals surface area (Å²) < 4.78 is 5.49. The maximum atomic E-state index is 12.3. The Bertz CT molecular complexity index is 407. The number of pyridine rings is 1. The molecule has 2 atom stereocenters. The Morgan fingerprint density at radius 2 is 2.29 bits per heavy atom. The maximum absolute atomic E-state index is 12.3. The molecule has 0 aromatic carbocycles. The minimum absolute atomic E-state index is 0.0168. The number of aromatic nitrogens is 1. The van der Waals surface area contributed by atoms with Crippen LogP contribution in [0.2, 0.25) is 5.15 Å². The zero-order valence-corrected chi connectivity index (χ0v) is 10.6. The van der Waals surface area contributed by atoms with E-state index < -0.39 is 0 Å². The lowest BCUT2D eigenvalue weighted by Gasteiger charge is -2.36. The third-order valence-electron chi connectivity index (χ3n) is 2.84. The first kappa shape index (κ1) is 12.3. The Morgan fingerprint density at radius 1 is 1.53 bits per heavy atom. The summed E-state index contributed by atoms with van der Waals surface area (Å²) in [5.41, 5.74) is 0.565. The van der Waals surface area contributed by atoms with Crippen LogP contribution in [-0.2, 0) is 4.74 Å². The lowest BCUT2D eigenvalue weighted by atomic mass is 10.1. The molecule has 2 unspecified atom stereocenters. The predicted octanol–water partition coefficient (Wildman–Crippen LogP) is 1.98. The van der Waals surface area contributed by atoms with Gasteiger partial charge in [0, 0.05) is 12.7 Å². The normalized spacial score (nSPS) is 24.8. The van der Waals surface area contributed by atoms with Gasteiger partial charge >= 0.3 is 0 Å². The summed E-state index contributed by atoms with van der Waals surface area (Å²) in [5, 5.41) is 0.393. The molecule has 0 bridgehead atoms. The minimum atomic E-state index is -0.0168. The van der Waals surface area contributed by atoms with Gasteiger partial charge in [0.15, 0.2) is 0 Å². The largest absolute Gasteiger partial charge is 0.375 e. The summed E-state index contributed by atoms with van der Waals surface area (Å²) in [7, 11) is 0. The summed E-state index contributed by atoms with van der Waals surface area (Å²) in [4.78, 5) is 18.0. The SMILES string of the molecule is CC1CN(C(=O)c2ccc(Cl)nc2)C(C)CO1. The smallest absolute Gasteiger partial charge is 0.255 e. The molecule has 1 saturated heterocycles. The summed E-state index contributed by atoms with van der Waals surface area (Å²) in [5.74, 6) is -0.0168. The van der Waals surface area contributed by atoms with E-state index in [1.165, 1.54) is 6.20 Å². The molecule has 0 spiro atoms. The Labute approximate surface area is 106 Å². The van der Waals surface area contributed by atoms with E-state index in [1.54, 1.807) is 12.1 Å². The average molecular weight is 255 g/mol. The molecule has 0 aliphatic carbocycles. The van der Waals surface area contributed by atoms with Crippen molar-refractivity contribution >= 4 is 17.5 Å². The molecule has 1 fully saturated rings.